The van der Waals surface area contributed by atoms with Crippen LogP contribution < -0.4 is 0 Å². The topological polar surface area (TPSA) is 104 Å². The Bertz CT molecular complexity index is 400. The molecule has 0 aromatic carbocycles. The van der Waals surface area contributed by atoms with Crippen molar-refractivity contribution in [3.05, 3.63) is 54.6 Å². The van der Waals surface area contributed by atoms with Crippen molar-refractivity contribution in [2.45, 2.75) is 0 Å². The average molecular weight is 408 g/mol. The molecule has 0 aromatic rings. The van der Waals surface area contributed by atoms with Crippen LogP contribution in [0.25, 0.3) is 4.85 Å². The quantitative estimate of drug-likeness (QED) is 0.274. The largest absolute Gasteiger partial charge is 0 e. The van der Waals surface area contributed by atoms with Crippen molar-refractivity contribution in [2.24, 2.45) is 0 Å². The fourth-order valence-corrected chi connectivity index (χ4v) is 1.93. The second kappa shape index (κ2) is 28.5. The molecule has 0 radical (unpaired) electrons. The van der Waals surface area contributed by atoms with E-state index < -0.39 is 6.91 Å². The van der Waals surface area contributed by atoms with Gasteiger partial charge in [-0.05, 0) is 0 Å². The maximum Gasteiger partial charge on any atom is 0 e. The number of hydrogen-bond acceptors (Lipinski definition) is 0. The predicted octanol–water partition coefficient (Wildman–Crippen LogP) is 3.65. The zero-order chi connectivity index (χ0) is 19.3. The maximum atomic E-state index is 13.6. The van der Waals surface area contributed by atoms with E-state index in [0.29, 0.717) is 0 Å². The van der Waals surface area contributed by atoms with Gasteiger partial charge in [-0.2, -0.15) is 0 Å². The van der Waals surface area contributed by atoms with Gasteiger partial charge < -0.3 is 0 Å². The minimum Gasteiger partial charge on any atom is 0 e. The van der Waals surface area contributed by atoms with Crippen molar-refractivity contribution in [2.75, 3.05) is 20.0 Å². The van der Waals surface area contributed by atoms with Gasteiger partial charge >= 0.3 is 132 Å². The van der Waals surface area contributed by atoms with Crippen molar-refractivity contribution >= 4 is 30.1 Å². The van der Waals surface area contributed by atoms with Crippen LogP contribution in [0.5, 0.6) is 0 Å². The van der Waals surface area contributed by atoms with E-state index in [9.17, 15) is 4.20 Å². The third-order valence-electron chi connectivity index (χ3n) is 0.932. The monoisotopic (exact) mass is 407 g/mol. The summed E-state index contributed by atoms with van der Waals surface area (Å²) in [5, 5.41) is -0.265. The van der Waals surface area contributed by atoms with Crippen LogP contribution in [0.2, 0.25) is 0 Å². The molecule has 11 heteroatoms. The molecule has 0 N–H and O–H groups in total. The van der Waals surface area contributed by atoms with Crippen LogP contribution >= 0.6 is 30.1 Å². The Morgan fingerprint density at radius 2 is 1.00 bits per heavy atom. The van der Waals surface area contributed by atoms with Crippen molar-refractivity contribution in [1.82, 2.24) is 0 Å². The molecule has 0 fully saturated rings. The average Bonchev–Trinajstić information content (AvgIpc) is 2.54. The van der Waals surface area contributed by atoms with Gasteiger partial charge in [0.25, 0.3) is 0 Å². The fourth-order valence-electron chi connectivity index (χ4n) is 0.358. The molecule has 0 atom stereocenters. The summed E-state index contributed by atoms with van der Waals surface area (Å²) >= 11 is 10.9. The second-order valence-electron chi connectivity index (χ2n) is 3.30. The molecule has 0 aliphatic carbocycles. The molecule has 0 saturated heterocycles. The standard InChI is InChI=1S/C6H9Cl2FNP.5CO.Cr/c1-10-5(7)6(8)11(2,3,4)9;5*1-2;/h2-4H3;;;;;;/b6-5-;;;;;;. The fraction of sp³-hybridized carbons (Fsp3) is 0.273. The molecule has 0 aliphatic heterocycles. The number of hydrogen-bond donors (Lipinski definition) is 0. The molecular weight excluding hydrogens is 399 g/mol. The first-order valence-corrected chi connectivity index (χ1v) is 8.05. The molecular formula is C11H9Cl2CrFNO5P. The Hall–Kier alpha value is -0.598. The van der Waals surface area contributed by atoms with Gasteiger partial charge in [-0.1, -0.05) is 0 Å². The second-order valence-corrected chi connectivity index (χ2v) is 9.95. The normalized spacial score (nSPS) is 9.32. The molecule has 120 valence electrons. The summed E-state index contributed by atoms with van der Waals surface area (Å²) in [5.41, 5.74) is 0. The minimum atomic E-state index is -3.50. The molecule has 22 heavy (non-hydrogen) atoms. The Morgan fingerprint density at radius 1 is 0.818 bits per heavy atom. The predicted molar refractivity (Wildman–Crippen MR) is 70.8 cm³/mol. The summed E-state index contributed by atoms with van der Waals surface area (Å²) in [7, 11) is 0. The Morgan fingerprint density at radius 3 is 1.05 bits per heavy atom. The van der Waals surface area contributed by atoms with Crippen molar-refractivity contribution < 1.29 is 44.8 Å². The van der Waals surface area contributed by atoms with Crippen LogP contribution in [0, 0.1) is 39.8 Å². The summed E-state index contributed by atoms with van der Waals surface area (Å²) in [4.78, 5) is 2.86. The van der Waals surface area contributed by atoms with Crippen molar-refractivity contribution in [3.63, 3.8) is 0 Å². The zero-order valence-corrected chi connectivity index (χ0v) is 15.2. The summed E-state index contributed by atoms with van der Waals surface area (Å²) in [6.45, 7) is 29.7. The molecule has 0 bridgehead atoms. The summed E-state index contributed by atoms with van der Waals surface area (Å²) < 4.78 is 51.0. The Balaban J connectivity index is -0.0000000348. The van der Waals surface area contributed by atoms with E-state index in [4.69, 9.17) is 53.0 Å². The smallest absolute Gasteiger partial charge is 0 e. The van der Waals surface area contributed by atoms with E-state index in [0.717, 1.165) is 0 Å². The van der Waals surface area contributed by atoms with E-state index in [1.165, 1.54) is 20.0 Å². The Labute approximate surface area is 149 Å². The number of halogens is 3. The van der Waals surface area contributed by atoms with Crippen LogP contribution in [0.1, 0.15) is 0 Å². The molecule has 0 spiro atoms. The SMILES string of the molecule is [C-]#[N+]/C(Cl)=C(/Cl)P(C)(C)(C)F.[C-]#[O+].[C-]#[O+].[C-]#[O+].[C-]#[O+].[C-]#[O+].[Cr]. The summed E-state index contributed by atoms with van der Waals surface area (Å²) in [6.07, 6.45) is 0. The minimum absolute atomic E-state index is 0. The molecule has 6 nitrogen and oxygen atoms in total. The van der Waals surface area contributed by atoms with Crippen molar-refractivity contribution in [1.29, 1.82) is 0 Å². The maximum absolute atomic E-state index is 13.6. The molecule has 0 saturated carbocycles. The summed E-state index contributed by atoms with van der Waals surface area (Å²) in [5.74, 6) is 0. The summed E-state index contributed by atoms with van der Waals surface area (Å²) in [6, 6.07) is 0. The molecule has 0 amide bonds. The zero-order valence-electron chi connectivity index (χ0n) is 11.5. The molecule has 0 unspecified atom stereocenters. The molecule has 0 heterocycles. The number of rotatable bonds is 1. The first-order valence-electron chi connectivity index (χ1n) is 3.83. The van der Waals surface area contributed by atoms with Gasteiger partial charge in [-0.25, -0.2) is 0 Å². The van der Waals surface area contributed by atoms with E-state index in [-0.39, 0.29) is 27.3 Å². The Kier molecular flexibility index (Phi) is 55.7. The van der Waals surface area contributed by atoms with Gasteiger partial charge in [0.05, 0.1) is 0 Å². The first-order chi connectivity index (χ1) is 9.65. The van der Waals surface area contributed by atoms with Crippen LogP contribution in [-0.4, -0.2) is 20.0 Å². The van der Waals surface area contributed by atoms with Gasteiger partial charge in [0.2, 0.25) is 0 Å². The van der Waals surface area contributed by atoms with Gasteiger partial charge in [-0.3, -0.25) is 0 Å². The van der Waals surface area contributed by atoms with E-state index in [2.05, 4.69) is 38.1 Å². The molecule has 0 aromatic heterocycles. The molecule has 0 rings (SSSR count). The van der Waals surface area contributed by atoms with Crippen LogP contribution in [0.4, 0.5) is 4.20 Å². The van der Waals surface area contributed by atoms with Crippen LogP contribution in [-0.2, 0) is 40.6 Å². The van der Waals surface area contributed by atoms with Crippen molar-refractivity contribution in [3.8, 4) is 0 Å². The first kappa shape index (κ1) is 42.9. The van der Waals surface area contributed by atoms with E-state index >= 15 is 0 Å². The van der Waals surface area contributed by atoms with Gasteiger partial charge in [0.1, 0.15) is 0 Å². The van der Waals surface area contributed by atoms with Gasteiger partial charge in [0, 0.05) is 17.4 Å². The number of nitrogens with zero attached hydrogens (tertiary/aromatic N) is 1. The van der Waals surface area contributed by atoms with Gasteiger partial charge in [0.15, 0.2) is 0 Å². The van der Waals surface area contributed by atoms with Crippen LogP contribution in [0.3, 0.4) is 0 Å². The van der Waals surface area contributed by atoms with E-state index in [1.807, 2.05) is 0 Å². The third kappa shape index (κ3) is 36.6. The molecule has 0 aliphatic rings. The van der Waals surface area contributed by atoms with Crippen LogP contribution in [0.15, 0.2) is 9.93 Å². The van der Waals surface area contributed by atoms with Gasteiger partial charge in [-0.15, -0.1) is 0 Å². The third-order valence-corrected chi connectivity index (χ3v) is 4.86. The van der Waals surface area contributed by atoms with E-state index in [1.54, 1.807) is 0 Å².